The van der Waals surface area contributed by atoms with Gasteiger partial charge in [-0.3, -0.25) is 4.90 Å². The third-order valence-corrected chi connectivity index (χ3v) is 3.38. The molecule has 0 spiro atoms. The largest absolute Gasteiger partial charge is 0.497 e. The van der Waals surface area contributed by atoms with E-state index in [0.29, 0.717) is 6.54 Å². The number of likely N-dealkylation sites (tertiary alicyclic amines) is 1. The molecule has 2 atom stereocenters. The fraction of sp³-hybridized carbons (Fsp3) is 0.500. The van der Waals surface area contributed by atoms with Crippen molar-refractivity contribution in [3.63, 3.8) is 0 Å². The summed E-state index contributed by atoms with van der Waals surface area (Å²) in [5.41, 5.74) is 1.13. The van der Waals surface area contributed by atoms with Crippen LogP contribution in [0.15, 0.2) is 24.3 Å². The predicted octanol–water partition coefficient (Wildman–Crippen LogP) is 1.54. The maximum atomic E-state index is 9.82. The molecular formula is C14H18N2O2. The Morgan fingerprint density at radius 3 is 2.78 bits per heavy atom. The molecule has 0 unspecified atom stereocenters. The van der Waals surface area contributed by atoms with Crippen LogP contribution in [-0.4, -0.2) is 35.8 Å². The topological polar surface area (TPSA) is 56.5 Å². The minimum atomic E-state index is -0.526. The number of nitriles is 1. The van der Waals surface area contributed by atoms with Gasteiger partial charge in [-0.25, -0.2) is 0 Å². The molecule has 1 aliphatic heterocycles. The highest BCUT2D eigenvalue weighted by atomic mass is 16.5. The summed E-state index contributed by atoms with van der Waals surface area (Å²) >= 11 is 0. The van der Waals surface area contributed by atoms with Crippen molar-refractivity contribution in [3.8, 4) is 11.8 Å². The van der Waals surface area contributed by atoms with Crippen molar-refractivity contribution in [3.05, 3.63) is 29.8 Å². The van der Waals surface area contributed by atoms with Crippen LogP contribution in [0, 0.1) is 11.3 Å². The molecule has 1 N–H and O–H groups in total. The molecule has 1 aromatic carbocycles. The zero-order valence-corrected chi connectivity index (χ0v) is 10.5. The van der Waals surface area contributed by atoms with Gasteiger partial charge < -0.3 is 9.84 Å². The first-order valence-corrected chi connectivity index (χ1v) is 6.19. The van der Waals surface area contributed by atoms with Gasteiger partial charge in [-0.05, 0) is 37.1 Å². The molecule has 1 fully saturated rings. The van der Waals surface area contributed by atoms with E-state index in [4.69, 9.17) is 10.00 Å². The van der Waals surface area contributed by atoms with Gasteiger partial charge in [0.1, 0.15) is 11.8 Å². The van der Waals surface area contributed by atoms with E-state index in [9.17, 15) is 5.11 Å². The lowest BCUT2D eigenvalue weighted by Gasteiger charge is -2.34. The predicted molar refractivity (Wildman–Crippen MR) is 68.0 cm³/mol. The summed E-state index contributed by atoms with van der Waals surface area (Å²) in [7, 11) is 1.64. The van der Waals surface area contributed by atoms with Gasteiger partial charge in [0, 0.05) is 6.54 Å². The summed E-state index contributed by atoms with van der Waals surface area (Å²) < 4.78 is 5.11. The second kappa shape index (κ2) is 5.85. The van der Waals surface area contributed by atoms with Crippen LogP contribution in [0.25, 0.3) is 0 Å². The summed E-state index contributed by atoms with van der Waals surface area (Å²) in [6.45, 7) is 1.56. The van der Waals surface area contributed by atoms with Crippen LogP contribution >= 0.6 is 0 Å². The molecule has 0 saturated carbocycles. The van der Waals surface area contributed by atoms with Crippen molar-refractivity contribution in [2.75, 3.05) is 13.7 Å². The molecule has 2 rings (SSSR count). The van der Waals surface area contributed by atoms with Crippen LogP contribution in [0.5, 0.6) is 5.75 Å². The Morgan fingerprint density at radius 2 is 2.17 bits per heavy atom. The van der Waals surface area contributed by atoms with Crippen LogP contribution in [0.1, 0.15) is 18.4 Å². The van der Waals surface area contributed by atoms with Crippen LogP contribution in [-0.2, 0) is 6.54 Å². The van der Waals surface area contributed by atoms with Gasteiger partial charge in [-0.2, -0.15) is 5.26 Å². The standard InChI is InChI=1S/C14H18N2O2/c1-18-12-6-4-11(5-7-12)10-16-8-2-3-14(17)13(16)9-15/h4-7,13-14,17H,2-3,8,10H2,1H3/t13-,14-/m0/s1. The van der Waals surface area contributed by atoms with Gasteiger partial charge in [0.25, 0.3) is 0 Å². The number of nitrogens with zero attached hydrogens (tertiary/aromatic N) is 2. The number of ether oxygens (including phenoxy) is 1. The highest BCUT2D eigenvalue weighted by Crippen LogP contribution is 2.20. The fourth-order valence-electron chi connectivity index (χ4n) is 2.35. The van der Waals surface area contributed by atoms with Gasteiger partial charge in [-0.15, -0.1) is 0 Å². The molecular weight excluding hydrogens is 228 g/mol. The molecule has 0 radical (unpaired) electrons. The minimum absolute atomic E-state index is 0.388. The van der Waals surface area contributed by atoms with Crippen molar-refractivity contribution >= 4 is 0 Å². The number of piperidine rings is 1. The van der Waals surface area contributed by atoms with E-state index in [1.165, 1.54) is 0 Å². The van der Waals surface area contributed by atoms with Gasteiger partial charge in [0.2, 0.25) is 0 Å². The molecule has 18 heavy (non-hydrogen) atoms. The fourth-order valence-corrected chi connectivity index (χ4v) is 2.35. The molecule has 0 aliphatic carbocycles. The summed E-state index contributed by atoms with van der Waals surface area (Å²) in [4.78, 5) is 2.04. The van der Waals surface area contributed by atoms with E-state index >= 15 is 0 Å². The number of aliphatic hydroxyl groups is 1. The summed E-state index contributed by atoms with van der Waals surface area (Å²) in [6, 6.07) is 9.63. The summed E-state index contributed by atoms with van der Waals surface area (Å²) in [5, 5.41) is 18.9. The molecule has 1 heterocycles. The maximum Gasteiger partial charge on any atom is 0.124 e. The lowest BCUT2D eigenvalue weighted by molar-refractivity contribution is 0.0331. The first-order valence-electron chi connectivity index (χ1n) is 6.19. The molecule has 1 saturated heterocycles. The average Bonchev–Trinajstić information content (AvgIpc) is 2.40. The van der Waals surface area contributed by atoms with Crippen molar-refractivity contribution in [2.45, 2.75) is 31.5 Å². The summed E-state index contributed by atoms with van der Waals surface area (Å²) in [5.74, 6) is 0.828. The van der Waals surface area contributed by atoms with Gasteiger partial charge >= 0.3 is 0 Å². The van der Waals surface area contributed by atoms with Crippen LogP contribution < -0.4 is 4.74 Å². The van der Waals surface area contributed by atoms with E-state index in [-0.39, 0.29) is 6.04 Å². The smallest absolute Gasteiger partial charge is 0.124 e. The average molecular weight is 246 g/mol. The number of hydrogen-bond donors (Lipinski definition) is 1. The van der Waals surface area contributed by atoms with E-state index in [1.54, 1.807) is 7.11 Å². The third kappa shape index (κ3) is 2.81. The quantitative estimate of drug-likeness (QED) is 0.879. The first-order chi connectivity index (χ1) is 8.74. The Bertz CT molecular complexity index is 424. The van der Waals surface area contributed by atoms with E-state index in [0.717, 1.165) is 30.7 Å². The Hall–Kier alpha value is -1.57. The number of aliphatic hydroxyl groups excluding tert-OH is 1. The highest BCUT2D eigenvalue weighted by molar-refractivity contribution is 5.27. The molecule has 4 heteroatoms. The molecule has 0 aromatic heterocycles. The molecule has 0 bridgehead atoms. The second-order valence-electron chi connectivity index (χ2n) is 4.60. The first kappa shape index (κ1) is 12.9. The Balaban J connectivity index is 2.05. The minimum Gasteiger partial charge on any atom is -0.497 e. The van der Waals surface area contributed by atoms with Crippen LogP contribution in [0.2, 0.25) is 0 Å². The van der Waals surface area contributed by atoms with Crippen molar-refractivity contribution in [1.82, 2.24) is 4.90 Å². The van der Waals surface area contributed by atoms with Crippen LogP contribution in [0.3, 0.4) is 0 Å². The Morgan fingerprint density at radius 1 is 1.44 bits per heavy atom. The molecule has 1 aromatic rings. The van der Waals surface area contributed by atoms with Crippen molar-refractivity contribution < 1.29 is 9.84 Å². The summed E-state index contributed by atoms with van der Waals surface area (Å²) in [6.07, 6.45) is 1.13. The molecule has 0 amide bonds. The van der Waals surface area contributed by atoms with E-state index in [1.807, 2.05) is 29.2 Å². The van der Waals surface area contributed by atoms with Crippen LogP contribution in [0.4, 0.5) is 0 Å². The molecule has 96 valence electrons. The molecule has 1 aliphatic rings. The van der Waals surface area contributed by atoms with Gasteiger partial charge in [0.15, 0.2) is 0 Å². The van der Waals surface area contributed by atoms with Crippen molar-refractivity contribution in [2.24, 2.45) is 0 Å². The Kier molecular flexibility index (Phi) is 4.19. The lowest BCUT2D eigenvalue weighted by atomic mass is 9.99. The van der Waals surface area contributed by atoms with E-state index < -0.39 is 6.10 Å². The number of benzene rings is 1. The zero-order valence-electron chi connectivity index (χ0n) is 10.5. The van der Waals surface area contributed by atoms with Crippen molar-refractivity contribution in [1.29, 1.82) is 5.26 Å². The number of methoxy groups -OCH3 is 1. The highest BCUT2D eigenvalue weighted by Gasteiger charge is 2.29. The normalized spacial score (nSPS) is 24.5. The Labute approximate surface area is 107 Å². The van der Waals surface area contributed by atoms with E-state index in [2.05, 4.69) is 6.07 Å². The number of hydrogen-bond acceptors (Lipinski definition) is 4. The zero-order chi connectivity index (χ0) is 13.0. The SMILES string of the molecule is COc1ccc(CN2CCC[C@H](O)[C@@H]2C#N)cc1. The van der Waals surface area contributed by atoms with Gasteiger partial charge in [0.05, 0.1) is 19.3 Å². The monoisotopic (exact) mass is 246 g/mol. The second-order valence-corrected chi connectivity index (χ2v) is 4.60. The lowest BCUT2D eigenvalue weighted by Crippen LogP contribution is -2.46. The van der Waals surface area contributed by atoms with Gasteiger partial charge in [-0.1, -0.05) is 12.1 Å². The maximum absolute atomic E-state index is 9.82. The third-order valence-electron chi connectivity index (χ3n) is 3.38. The molecule has 4 nitrogen and oxygen atoms in total. The number of rotatable bonds is 3.